The van der Waals surface area contributed by atoms with Crippen molar-refractivity contribution in [3.8, 4) is 0 Å². The van der Waals surface area contributed by atoms with Crippen molar-refractivity contribution in [2.75, 3.05) is 0 Å². The van der Waals surface area contributed by atoms with E-state index in [-0.39, 0.29) is 5.25 Å². The van der Waals surface area contributed by atoms with Gasteiger partial charge in [0.1, 0.15) is 5.25 Å². The van der Waals surface area contributed by atoms with Gasteiger partial charge in [-0.2, -0.15) is 0 Å². The van der Waals surface area contributed by atoms with E-state index in [1.807, 2.05) is 19.1 Å². The molecule has 0 spiro atoms. The fourth-order valence-electron chi connectivity index (χ4n) is 1.50. The van der Waals surface area contributed by atoms with Crippen molar-refractivity contribution in [2.24, 2.45) is 0 Å². The van der Waals surface area contributed by atoms with Crippen LogP contribution in [0, 0.1) is 6.92 Å². The van der Waals surface area contributed by atoms with Crippen molar-refractivity contribution in [1.29, 1.82) is 0 Å². The summed E-state index contributed by atoms with van der Waals surface area (Å²) in [5, 5.41) is 8.76. The minimum Gasteiger partial charge on any atom is -0.480 e. The number of aliphatic carboxylic acids is 1. The Kier molecular flexibility index (Phi) is 5.39. The summed E-state index contributed by atoms with van der Waals surface area (Å²) in [6, 6.07) is 8.13. The normalized spacial score (nSPS) is 12.4. The Hall–Kier alpha value is -0.960. The first-order valence-electron chi connectivity index (χ1n) is 5.54. The van der Waals surface area contributed by atoms with E-state index in [2.05, 4.69) is 19.1 Å². The van der Waals surface area contributed by atoms with Gasteiger partial charge in [-0.25, -0.2) is 0 Å². The molecule has 0 aliphatic carbocycles. The van der Waals surface area contributed by atoms with E-state index in [1.54, 1.807) is 0 Å². The van der Waals surface area contributed by atoms with Crippen LogP contribution in [0.1, 0.15) is 30.9 Å². The standard InChI is InChI=1S/C13H18O2S/c1-3-6-12(13(14)15)16-9-11-8-5-4-7-10(11)2/h4-5,7-8,12H,3,6,9H2,1-2H3,(H,14,15). The van der Waals surface area contributed by atoms with Crippen LogP contribution in [0.25, 0.3) is 0 Å². The minimum absolute atomic E-state index is 0.274. The van der Waals surface area contributed by atoms with Crippen molar-refractivity contribution >= 4 is 17.7 Å². The molecule has 2 nitrogen and oxygen atoms in total. The highest BCUT2D eigenvalue weighted by molar-refractivity contribution is 7.99. The Morgan fingerprint density at radius 2 is 2.12 bits per heavy atom. The van der Waals surface area contributed by atoms with Gasteiger partial charge in [0, 0.05) is 5.75 Å². The van der Waals surface area contributed by atoms with E-state index in [4.69, 9.17) is 5.11 Å². The Morgan fingerprint density at radius 1 is 1.44 bits per heavy atom. The van der Waals surface area contributed by atoms with Gasteiger partial charge in [-0.05, 0) is 24.5 Å². The molecule has 1 atom stereocenters. The number of aryl methyl sites for hydroxylation is 1. The lowest BCUT2D eigenvalue weighted by molar-refractivity contribution is -0.136. The monoisotopic (exact) mass is 238 g/mol. The second-order valence-electron chi connectivity index (χ2n) is 3.85. The highest BCUT2D eigenvalue weighted by atomic mass is 32.2. The Bertz CT molecular complexity index is 350. The summed E-state index contributed by atoms with van der Waals surface area (Å²) in [5.41, 5.74) is 2.46. The second kappa shape index (κ2) is 6.59. The number of carboxylic acids is 1. The summed E-state index contributed by atoms with van der Waals surface area (Å²) in [6.45, 7) is 4.08. The maximum atomic E-state index is 11.0. The Labute approximate surface area is 101 Å². The van der Waals surface area contributed by atoms with E-state index in [1.165, 1.54) is 22.9 Å². The average Bonchev–Trinajstić information content (AvgIpc) is 2.26. The molecule has 0 fully saturated rings. The highest BCUT2D eigenvalue weighted by Gasteiger charge is 2.16. The zero-order valence-corrected chi connectivity index (χ0v) is 10.6. The quantitative estimate of drug-likeness (QED) is 0.824. The average molecular weight is 238 g/mol. The first kappa shape index (κ1) is 13.1. The van der Waals surface area contributed by atoms with Crippen LogP contribution in [0.2, 0.25) is 0 Å². The minimum atomic E-state index is -0.694. The lowest BCUT2D eigenvalue weighted by Crippen LogP contribution is -2.16. The van der Waals surface area contributed by atoms with Gasteiger partial charge in [0.2, 0.25) is 0 Å². The molecule has 0 aliphatic rings. The molecule has 88 valence electrons. The zero-order valence-electron chi connectivity index (χ0n) is 9.77. The summed E-state index contributed by atoms with van der Waals surface area (Å²) in [7, 11) is 0. The number of carboxylic acid groups (broad SMARTS) is 1. The molecule has 1 N–H and O–H groups in total. The van der Waals surface area contributed by atoms with Gasteiger partial charge in [-0.15, -0.1) is 11.8 Å². The third-order valence-electron chi connectivity index (χ3n) is 2.53. The summed E-state index contributed by atoms with van der Waals surface area (Å²) < 4.78 is 0. The van der Waals surface area contributed by atoms with Gasteiger partial charge in [0.15, 0.2) is 0 Å². The summed E-state index contributed by atoms with van der Waals surface area (Å²) >= 11 is 1.52. The van der Waals surface area contributed by atoms with E-state index in [0.29, 0.717) is 0 Å². The molecule has 1 aromatic carbocycles. The smallest absolute Gasteiger partial charge is 0.316 e. The molecule has 0 saturated carbocycles. The lowest BCUT2D eigenvalue weighted by Gasteiger charge is -2.11. The summed E-state index contributed by atoms with van der Waals surface area (Å²) in [5.74, 6) is 0.0873. The number of benzene rings is 1. The summed E-state index contributed by atoms with van der Waals surface area (Å²) in [4.78, 5) is 11.0. The van der Waals surface area contributed by atoms with E-state index in [9.17, 15) is 4.79 Å². The van der Waals surface area contributed by atoms with Crippen molar-refractivity contribution in [1.82, 2.24) is 0 Å². The third-order valence-corrected chi connectivity index (χ3v) is 3.84. The largest absolute Gasteiger partial charge is 0.480 e. The highest BCUT2D eigenvalue weighted by Crippen LogP contribution is 2.23. The number of rotatable bonds is 6. The number of thioether (sulfide) groups is 1. The molecule has 0 saturated heterocycles. The van der Waals surface area contributed by atoms with Gasteiger partial charge in [-0.1, -0.05) is 37.6 Å². The van der Waals surface area contributed by atoms with Crippen LogP contribution in [-0.4, -0.2) is 16.3 Å². The van der Waals surface area contributed by atoms with Crippen molar-refractivity contribution < 1.29 is 9.90 Å². The first-order valence-corrected chi connectivity index (χ1v) is 6.59. The Morgan fingerprint density at radius 3 is 2.69 bits per heavy atom. The topological polar surface area (TPSA) is 37.3 Å². The molecule has 1 aromatic rings. The van der Waals surface area contributed by atoms with Crippen LogP contribution in [0.4, 0.5) is 0 Å². The van der Waals surface area contributed by atoms with Gasteiger partial charge in [0.25, 0.3) is 0 Å². The van der Waals surface area contributed by atoms with Crippen LogP contribution in [-0.2, 0) is 10.5 Å². The molecule has 0 aliphatic heterocycles. The molecule has 1 rings (SSSR count). The van der Waals surface area contributed by atoms with Crippen LogP contribution in [0.3, 0.4) is 0 Å². The van der Waals surface area contributed by atoms with E-state index < -0.39 is 5.97 Å². The molecule has 3 heteroatoms. The number of hydrogen-bond donors (Lipinski definition) is 1. The fourth-order valence-corrected chi connectivity index (χ4v) is 2.75. The Balaban J connectivity index is 2.55. The zero-order chi connectivity index (χ0) is 12.0. The van der Waals surface area contributed by atoms with Gasteiger partial charge < -0.3 is 5.11 Å². The van der Waals surface area contributed by atoms with Gasteiger partial charge in [-0.3, -0.25) is 4.79 Å². The molecular weight excluding hydrogens is 220 g/mol. The molecule has 0 heterocycles. The van der Waals surface area contributed by atoms with Crippen LogP contribution < -0.4 is 0 Å². The van der Waals surface area contributed by atoms with E-state index >= 15 is 0 Å². The van der Waals surface area contributed by atoms with Crippen LogP contribution in [0.15, 0.2) is 24.3 Å². The van der Waals surface area contributed by atoms with Gasteiger partial charge >= 0.3 is 5.97 Å². The molecule has 16 heavy (non-hydrogen) atoms. The first-order chi connectivity index (χ1) is 7.65. The predicted octanol–water partition coefficient (Wildman–Crippen LogP) is 3.48. The molecular formula is C13H18O2S. The van der Waals surface area contributed by atoms with Crippen molar-refractivity contribution in [3.05, 3.63) is 35.4 Å². The van der Waals surface area contributed by atoms with Crippen molar-refractivity contribution in [2.45, 2.75) is 37.7 Å². The fraction of sp³-hybridized carbons (Fsp3) is 0.462. The lowest BCUT2D eigenvalue weighted by atomic mass is 10.1. The van der Waals surface area contributed by atoms with Crippen LogP contribution >= 0.6 is 11.8 Å². The van der Waals surface area contributed by atoms with E-state index in [0.717, 1.165) is 18.6 Å². The molecule has 0 aromatic heterocycles. The van der Waals surface area contributed by atoms with Crippen LogP contribution in [0.5, 0.6) is 0 Å². The second-order valence-corrected chi connectivity index (χ2v) is 5.04. The summed E-state index contributed by atoms with van der Waals surface area (Å²) in [6.07, 6.45) is 1.66. The number of carbonyl (C=O) groups is 1. The van der Waals surface area contributed by atoms with Gasteiger partial charge in [0.05, 0.1) is 0 Å². The molecule has 0 bridgehead atoms. The molecule has 0 amide bonds. The van der Waals surface area contributed by atoms with Crippen molar-refractivity contribution in [3.63, 3.8) is 0 Å². The maximum absolute atomic E-state index is 11.0. The maximum Gasteiger partial charge on any atom is 0.316 e. The number of hydrogen-bond acceptors (Lipinski definition) is 2. The molecule has 0 radical (unpaired) electrons. The molecule has 1 unspecified atom stereocenters. The SMILES string of the molecule is CCCC(SCc1ccccc1C)C(=O)O. The predicted molar refractivity (Wildman–Crippen MR) is 68.8 cm³/mol. The third kappa shape index (κ3) is 3.89.